The number of hydrogen-bond donors (Lipinski definition) is 1. The van der Waals surface area contributed by atoms with Gasteiger partial charge in [-0.2, -0.15) is 0 Å². The van der Waals surface area contributed by atoms with Crippen LogP contribution in [0.2, 0.25) is 0 Å². The van der Waals surface area contributed by atoms with Gasteiger partial charge in [0.05, 0.1) is 0 Å². The highest BCUT2D eigenvalue weighted by Crippen LogP contribution is 2.38. The Morgan fingerprint density at radius 3 is 2.62 bits per heavy atom. The van der Waals surface area contributed by atoms with Gasteiger partial charge in [-0.05, 0) is 59.7 Å². The van der Waals surface area contributed by atoms with Crippen LogP contribution in [0, 0.1) is 5.92 Å². The lowest BCUT2D eigenvalue weighted by Crippen LogP contribution is -2.60. The Kier molecular flexibility index (Phi) is 5.44. The minimum atomic E-state index is 0.256. The van der Waals surface area contributed by atoms with Crippen LogP contribution in [-0.4, -0.2) is 47.2 Å². The summed E-state index contributed by atoms with van der Waals surface area (Å²) in [7, 11) is 6.59. The highest BCUT2D eigenvalue weighted by atomic mass is 15.2. The van der Waals surface area contributed by atoms with Crippen molar-refractivity contribution in [3.63, 3.8) is 0 Å². The molecule has 1 aliphatic carbocycles. The molecule has 0 bridgehead atoms. The van der Waals surface area contributed by atoms with Crippen LogP contribution in [0.5, 0.6) is 0 Å². The van der Waals surface area contributed by atoms with Crippen LogP contribution in [0.1, 0.15) is 45.4 Å². The van der Waals surface area contributed by atoms with Gasteiger partial charge in [-0.25, -0.2) is 4.98 Å². The third-order valence-electron chi connectivity index (χ3n) is 5.56. The second-order valence-corrected chi connectivity index (χ2v) is 6.86. The third kappa shape index (κ3) is 3.32. The van der Waals surface area contributed by atoms with Gasteiger partial charge in [-0.1, -0.05) is 6.92 Å². The van der Waals surface area contributed by atoms with Crippen molar-refractivity contribution >= 4 is 0 Å². The second kappa shape index (κ2) is 6.93. The predicted octanol–water partition coefficient (Wildman–Crippen LogP) is 2.54. The zero-order valence-electron chi connectivity index (χ0n) is 14.4. The highest BCUT2D eigenvalue weighted by Gasteiger charge is 2.42. The van der Waals surface area contributed by atoms with Crippen molar-refractivity contribution in [2.24, 2.45) is 5.92 Å². The first-order chi connectivity index (χ1) is 10.0. The average molecular weight is 292 g/mol. The molecule has 1 atom stereocenters. The van der Waals surface area contributed by atoms with Crippen LogP contribution in [0.15, 0.2) is 12.4 Å². The van der Waals surface area contributed by atoms with Crippen LogP contribution in [-0.2, 0) is 13.0 Å². The Morgan fingerprint density at radius 1 is 1.43 bits per heavy atom. The van der Waals surface area contributed by atoms with Gasteiger partial charge in [0.25, 0.3) is 0 Å². The molecule has 4 heteroatoms. The average Bonchev–Trinajstić information content (AvgIpc) is 2.93. The molecule has 0 amide bonds. The van der Waals surface area contributed by atoms with Crippen LogP contribution < -0.4 is 5.32 Å². The molecular formula is C17H32N4. The van der Waals surface area contributed by atoms with Gasteiger partial charge in [0.2, 0.25) is 0 Å². The van der Waals surface area contributed by atoms with E-state index in [1.165, 1.54) is 31.5 Å². The Labute approximate surface area is 129 Å². The highest BCUT2D eigenvalue weighted by molar-refractivity contribution is 5.06. The number of nitrogens with zero attached hydrogens (tertiary/aromatic N) is 3. The maximum Gasteiger partial charge on any atom is 0.110 e. The van der Waals surface area contributed by atoms with E-state index in [-0.39, 0.29) is 5.54 Å². The Balaban J connectivity index is 2.20. The Morgan fingerprint density at radius 2 is 2.10 bits per heavy atom. The van der Waals surface area contributed by atoms with Gasteiger partial charge in [0, 0.05) is 36.9 Å². The fraction of sp³-hybridized carbons (Fsp3) is 0.824. The SMILES string of the molecule is CCn1ccnc1CC(NC)C1(N(C)C)CCC(C)CC1. The molecular weight excluding hydrogens is 260 g/mol. The summed E-state index contributed by atoms with van der Waals surface area (Å²) < 4.78 is 2.26. The lowest BCUT2D eigenvalue weighted by Gasteiger charge is -2.49. The zero-order valence-corrected chi connectivity index (χ0v) is 14.4. The van der Waals surface area contributed by atoms with E-state index in [9.17, 15) is 0 Å². The molecule has 1 aromatic rings. The summed E-state index contributed by atoms with van der Waals surface area (Å²) in [5, 5.41) is 3.60. The molecule has 0 aliphatic heterocycles. The molecule has 1 N–H and O–H groups in total. The molecule has 1 unspecified atom stereocenters. The van der Waals surface area contributed by atoms with Gasteiger partial charge < -0.3 is 14.8 Å². The molecule has 1 fully saturated rings. The van der Waals surface area contributed by atoms with Crippen molar-refractivity contribution < 1.29 is 0 Å². The van der Waals surface area contributed by atoms with Crippen molar-refractivity contribution in [3.05, 3.63) is 18.2 Å². The van der Waals surface area contributed by atoms with E-state index in [1.54, 1.807) is 0 Å². The van der Waals surface area contributed by atoms with Gasteiger partial charge in [-0.15, -0.1) is 0 Å². The summed E-state index contributed by atoms with van der Waals surface area (Å²) in [5.74, 6) is 2.07. The second-order valence-electron chi connectivity index (χ2n) is 6.86. The summed E-state index contributed by atoms with van der Waals surface area (Å²) >= 11 is 0. The summed E-state index contributed by atoms with van der Waals surface area (Å²) in [6, 6.07) is 0.452. The van der Waals surface area contributed by atoms with Crippen molar-refractivity contribution in [3.8, 4) is 0 Å². The molecule has 0 spiro atoms. The number of aromatic nitrogens is 2. The topological polar surface area (TPSA) is 33.1 Å². The smallest absolute Gasteiger partial charge is 0.110 e. The molecule has 0 radical (unpaired) electrons. The van der Waals surface area contributed by atoms with Crippen molar-refractivity contribution in [1.29, 1.82) is 0 Å². The lowest BCUT2D eigenvalue weighted by atomic mass is 9.71. The fourth-order valence-corrected chi connectivity index (χ4v) is 3.93. The van der Waals surface area contributed by atoms with E-state index < -0.39 is 0 Å². The Bertz CT molecular complexity index is 430. The molecule has 0 aromatic carbocycles. The molecule has 1 aliphatic rings. The molecule has 2 rings (SSSR count). The van der Waals surface area contributed by atoms with Crippen molar-refractivity contribution in [1.82, 2.24) is 19.8 Å². The summed E-state index contributed by atoms with van der Waals surface area (Å²) in [6.45, 7) is 5.57. The van der Waals surface area contributed by atoms with Crippen LogP contribution in [0.3, 0.4) is 0 Å². The molecule has 120 valence electrons. The first-order valence-electron chi connectivity index (χ1n) is 8.38. The maximum atomic E-state index is 4.58. The summed E-state index contributed by atoms with van der Waals surface area (Å²) in [5.41, 5.74) is 0.256. The number of nitrogens with one attached hydrogen (secondary N) is 1. The molecule has 1 heterocycles. The quantitative estimate of drug-likeness (QED) is 0.875. The van der Waals surface area contributed by atoms with Crippen LogP contribution in [0.25, 0.3) is 0 Å². The molecule has 0 saturated heterocycles. The van der Waals surface area contributed by atoms with Gasteiger partial charge in [-0.3, -0.25) is 0 Å². The molecule has 1 saturated carbocycles. The van der Waals surface area contributed by atoms with E-state index in [0.717, 1.165) is 18.9 Å². The van der Waals surface area contributed by atoms with E-state index >= 15 is 0 Å². The minimum Gasteiger partial charge on any atom is -0.335 e. The zero-order chi connectivity index (χ0) is 15.5. The summed E-state index contributed by atoms with van der Waals surface area (Å²) in [6.07, 6.45) is 10.2. The van der Waals surface area contributed by atoms with Gasteiger partial charge in [0.15, 0.2) is 0 Å². The maximum absolute atomic E-state index is 4.58. The monoisotopic (exact) mass is 292 g/mol. The minimum absolute atomic E-state index is 0.256. The number of imidazole rings is 1. The Hall–Kier alpha value is -0.870. The normalized spacial score (nSPS) is 28.0. The third-order valence-corrected chi connectivity index (χ3v) is 5.56. The number of rotatable bonds is 6. The van der Waals surface area contributed by atoms with E-state index in [4.69, 9.17) is 0 Å². The number of hydrogen-bond acceptors (Lipinski definition) is 3. The lowest BCUT2D eigenvalue weighted by molar-refractivity contribution is 0.0452. The predicted molar refractivity (Wildman–Crippen MR) is 88.5 cm³/mol. The van der Waals surface area contributed by atoms with Crippen molar-refractivity contribution in [2.45, 2.75) is 64.1 Å². The van der Waals surface area contributed by atoms with Gasteiger partial charge in [0.1, 0.15) is 5.82 Å². The van der Waals surface area contributed by atoms with Crippen molar-refractivity contribution in [2.75, 3.05) is 21.1 Å². The number of likely N-dealkylation sites (N-methyl/N-ethyl adjacent to an activating group) is 2. The summed E-state index contributed by atoms with van der Waals surface area (Å²) in [4.78, 5) is 7.04. The standard InChI is InChI=1S/C17H32N4/c1-6-21-12-11-19-16(21)13-15(18-3)17(20(4)5)9-7-14(2)8-10-17/h11-12,14-15,18H,6-10,13H2,1-5H3. The first kappa shape index (κ1) is 16.5. The van der Waals surface area contributed by atoms with E-state index in [1.807, 2.05) is 6.20 Å². The van der Waals surface area contributed by atoms with E-state index in [2.05, 4.69) is 61.0 Å². The largest absolute Gasteiger partial charge is 0.335 e. The van der Waals surface area contributed by atoms with Crippen LogP contribution in [0.4, 0.5) is 0 Å². The molecule has 1 aromatic heterocycles. The first-order valence-corrected chi connectivity index (χ1v) is 8.38. The van der Waals surface area contributed by atoms with Gasteiger partial charge >= 0.3 is 0 Å². The molecule has 4 nitrogen and oxygen atoms in total. The van der Waals surface area contributed by atoms with Crippen LogP contribution >= 0.6 is 0 Å². The fourth-order valence-electron chi connectivity index (χ4n) is 3.93. The molecule has 21 heavy (non-hydrogen) atoms. The van der Waals surface area contributed by atoms with E-state index in [0.29, 0.717) is 6.04 Å². The number of aryl methyl sites for hydroxylation is 1.